The highest BCUT2D eigenvalue weighted by Gasteiger charge is 2.32. The molecule has 0 saturated heterocycles. The number of ether oxygens (including phenoxy) is 1. The van der Waals surface area contributed by atoms with E-state index in [0.29, 0.717) is 30.3 Å². The van der Waals surface area contributed by atoms with Gasteiger partial charge in [0.1, 0.15) is 0 Å². The first-order valence-corrected chi connectivity index (χ1v) is 8.51. The Kier molecular flexibility index (Phi) is 6.09. The van der Waals surface area contributed by atoms with Crippen LogP contribution in [0, 0.1) is 11.8 Å². The van der Waals surface area contributed by atoms with Gasteiger partial charge in [-0.25, -0.2) is 4.98 Å². The van der Waals surface area contributed by atoms with Gasteiger partial charge >= 0.3 is 5.97 Å². The predicted molar refractivity (Wildman–Crippen MR) is 81.5 cm³/mol. The molecule has 1 N–H and O–H groups in total. The third kappa shape index (κ3) is 4.75. The van der Waals surface area contributed by atoms with E-state index in [4.69, 9.17) is 4.74 Å². The third-order valence-electron chi connectivity index (χ3n) is 3.82. The van der Waals surface area contributed by atoms with Gasteiger partial charge in [-0.1, -0.05) is 12.8 Å². The molecule has 1 heterocycles. The lowest BCUT2D eigenvalue weighted by Gasteiger charge is -2.30. The second-order valence-electron chi connectivity index (χ2n) is 5.43. The number of carbonyl (C=O) groups is 3. The van der Waals surface area contributed by atoms with Gasteiger partial charge in [0.25, 0.3) is 0 Å². The van der Waals surface area contributed by atoms with Crippen LogP contribution in [-0.4, -0.2) is 29.4 Å². The minimum atomic E-state index is -1.17. The molecule has 2 atom stereocenters. The number of rotatable bonds is 6. The third-order valence-corrected chi connectivity index (χ3v) is 4.62. The molecule has 0 aliphatic heterocycles. The summed E-state index contributed by atoms with van der Waals surface area (Å²) in [5, 5.41) is 15.8. The van der Waals surface area contributed by atoms with Gasteiger partial charge in [-0.2, -0.15) is 0 Å². The highest BCUT2D eigenvalue weighted by atomic mass is 32.1. The fourth-order valence-electron chi connectivity index (χ4n) is 2.73. The van der Waals surface area contributed by atoms with Gasteiger partial charge in [0.15, 0.2) is 5.13 Å². The number of hydrogen-bond donors (Lipinski definition) is 1. The van der Waals surface area contributed by atoms with Gasteiger partial charge in [-0.05, 0) is 19.8 Å². The van der Waals surface area contributed by atoms with E-state index >= 15 is 0 Å². The Labute approximate surface area is 138 Å². The average molecular weight is 339 g/mol. The first-order chi connectivity index (χ1) is 11.0. The van der Waals surface area contributed by atoms with Crippen molar-refractivity contribution in [1.82, 2.24) is 4.98 Å². The highest BCUT2D eigenvalue weighted by molar-refractivity contribution is 7.13. The van der Waals surface area contributed by atoms with Crippen molar-refractivity contribution >= 4 is 34.3 Å². The zero-order chi connectivity index (χ0) is 16.8. The Morgan fingerprint density at radius 1 is 1.35 bits per heavy atom. The van der Waals surface area contributed by atoms with Crippen molar-refractivity contribution in [3.8, 4) is 0 Å². The molecule has 1 aliphatic rings. The predicted octanol–water partition coefficient (Wildman–Crippen LogP) is 0.743. The summed E-state index contributed by atoms with van der Waals surface area (Å²) in [6.07, 6.45) is 2.67. The second-order valence-corrected chi connectivity index (χ2v) is 6.29. The normalized spacial score (nSPS) is 20.7. The number of carboxylic acid groups (broad SMARTS) is 1. The number of aliphatic carboxylic acids is 1. The summed E-state index contributed by atoms with van der Waals surface area (Å²) in [4.78, 5) is 39.0. The van der Waals surface area contributed by atoms with Crippen molar-refractivity contribution in [2.24, 2.45) is 11.8 Å². The van der Waals surface area contributed by atoms with Crippen molar-refractivity contribution in [3.05, 3.63) is 11.1 Å². The minimum Gasteiger partial charge on any atom is -0.550 e. The van der Waals surface area contributed by atoms with E-state index in [1.54, 1.807) is 12.3 Å². The van der Waals surface area contributed by atoms with E-state index in [0.717, 1.165) is 12.8 Å². The molecule has 2 rings (SSSR count). The number of carbonyl (C=O) groups excluding carboxylic acids is 3. The molecule has 126 valence electrons. The topological polar surface area (TPSA) is 108 Å². The Balaban J connectivity index is 1.96. The molecule has 1 aliphatic carbocycles. The van der Waals surface area contributed by atoms with Gasteiger partial charge in [-0.15, -0.1) is 11.3 Å². The van der Waals surface area contributed by atoms with E-state index < -0.39 is 17.8 Å². The van der Waals surface area contributed by atoms with Gasteiger partial charge in [0.2, 0.25) is 5.91 Å². The lowest BCUT2D eigenvalue weighted by atomic mass is 9.79. The largest absolute Gasteiger partial charge is 0.550 e. The lowest BCUT2D eigenvalue weighted by Crippen LogP contribution is -2.42. The van der Waals surface area contributed by atoms with Crippen LogP contribution in [-0.2, 0) is 25.5 Å². The Hall–Kier alpha value is -1.96. The van der Waals surface area contributed by atoms with Crippen LogP contribution in [0.2, 0.25) is 0 Å². The molecule has 23 heavy (non-hydrogen) atoms. The number of nitrogens with zero attached hydrogens (tertiary/aromatic N) is 1. The molecule has 7 nitrogen and oxygen atoms in total. The summed E-state index contributed by atoms with van der Waals surface area (Å²) < 4.78 is 4.84. The maximum Gasteiger partial charge on any atom is 0.311 e. The van der Waals surface area contributed by atoms with Crippen LogP contribution in [0.15, 0.2) is 5.38 Å². The van der Waals surface area contributed by atoms with E-state index in [9.17, 15) is 19.5 Å². The van der Waals surface area contributed by atoms with Crippen LogP contribution in [0.5, 0.6) is 0 Å². The van der Waals surface area contributed by atoms with Gasteiger partial charge in [0, 0.05) is 23.2 Å². The van der Waals surface area contributed by atoms with E-state index in [-0.39, 0.29) is 18.3 Å². The van der Waals surface area contributed by atoms with Crippen LogP contribution in [0.1, 0.15) is 38.3 Å². The summed E-state index contributed by atoms with van der Waals surface area (Å²) in [5.74, 6) is -3.24. The molecule has 0 bridgehead atoms. The van der Waals surface area contributed by atoms with Crippen LogP contribution in [0.3, 0.4) is 0 Å². The van der Waals surface area contributed by atoms with Crippen LogP contribution in [0.4, 0.5) is 5.13 Å². The van der Waals surface area contributed by atoms with Gasteiger partial charge < -0.3 is 20.0 Å². The maximum atomic E-state index is 12.3. The first-order valence-electron chi connectivity index (χ1n) is 7.63. The molecule has 0 aromatic carbocycles. The van der Waals surface area contributed by atoms with Gasteiger partial charge in [-0.3, -0.25) is 9.59 Å². The number of thiazole rings is 1. The molecule has 0 radical (unpaired) electrons. The van der Waals surface area contributed by atoms with Crippen molar-refractivity contribution in [1.29, 1.82) is 0 Å². The number of anilines is 1. The summed E-state index contributed by atoms with van der Waals surface area (Å²) in [7, 11) is 0. The summed E-state index contributed by atoms with van der Waals surface area (Å²) in [6, 6.07) is 0. The van der Waals surface area contributed by atoms with E-state index in [1.807, 2.05) is 0 Å². The second kappa shape index (κ2) is 8.05. The summed E-state index contributed by atoms with van der Waals surface area (Å²) in [6.45, 7) is 2.03. The lowest BCUT2D eigenvalue weighted by molar-refractivity contribution is -0.313. The summed E-state index contributed by atoms with van der Waals surface area (Å²) >= 11 is 1.20. The fourth-order valence-corrected chi connectivity index (χ4v) is 3.44. The maximum absolute atomic E-state index is 12.3. The first kappa shape index (κ1) is 17.4. The number of aromatic nitrogens is 1. The van der Waals surface area contributed by atoms with Crippen LogP contribution < -0.4 is 10.4 Å². The SMILES string of the molecule is CCOC(=O)Cc1csc(NC(=O)C2CCCCC2C(=O)[O-])n1. The Morgan fingerprint density at radius 2 is 2.04 bits per heavy atom. The number of amides is 1. The molecule has 1 saturated carbocycles. The fraction of sp³-hybridized carbons (Fsp3) is 0.600. The summed E-state index contributed by atoms with van der Waals surface area (Å²) in [5.41, 5.74) is 0.517. The zero-order valence-electron chi connectivity index (χ0n) is 12.9. The monoisotopic (exact) mass is 339 g/mol. The molecule has 0 spiro atoms. The molecular formula is C15H19N2O5S-. The number of carboxylic acids is 1. The Bertz CT molecular complexity index is 586. The quantitative estimate of drug-likeness (QED) is 0.766. The number of nitrogens with one attached hydrogen (secondary N) is 1. The van der Waals surface area contributed by atoms with E-state index in [2.05, 4.69) is 10.3 Å². The molecule has 8 heteroatoms. The number of esters is 1. The van der Waals surface area contributed by atoms with Crippen molar-refractivity contribution in [2.45, 2.75) is 39.0 Å². The molecule has 2 unspecified atom stereocenters. The van der Waals surface area contributed by atoms with Gasteiger partial charge in [0.05, 0.1) is 18.7 Å². The minimum absolute atomic E-state index is 0.0469. The van der Waals surface area contributed by atoms with Crippen LogP contribution in [0.25, 0.3) is 0 Å². The average Bonchev–Trinajstić information content (AvgIpc) is 2.94. The standard InChI is InChI=1S/C15H20N2O5S/c1-2-22-12(18)7-9-8-23-15(16-9)17-13(19)10-5-3-4-6-11(10)14(20)21/h8,10-11H,2-7H2,1H3,(H,20,21)(H,16,17,19)/p-1. The van der Waals surface area contributed by atoms with Crippen molar-refractivity contribution in [3.63, 3.8) is 0 Å². The molecule has 1 aromatic heterocycles. The van der Waals surface area contributed by atoms with Crippen molar-refractivity contribution in [2.75, 3.05) is 11.9 Å². The van der Waals surface area contributed by atoms with Crippen molar-refractivity contribution < 1.29 is 24.2 Å². The van der Waals surface area contributed by atoms with Crippen LogP contribution >= 0.6 is 11.3 Å². The highest BCUT2D eigenvalue weighted by Crippen LogP contribution is 2.31. The zero-order valence-corrected chi connectivity index (χ0v) is 13.7. The smallest absolute Gasteiger partial charge is 0.311 e. The van der Waals surface area contributed by atoms with E-state index in [1.165, 1.54) is 11.3 Å². The molecule has 1 fully saturated rings. The Morgan fingerprint density at radius 3 is 2.70 bits per heavy atom. The molecule has 1 aromatic rings. The number of hydrogen-bond acceptors (Lipinski definition) is 7. The molecular weight excluding hydrogens is 320 g/mol. The molecule has 1 amide bonds.